The first-order chi connectivity index (χ1) is 39.4. The van der Waals surface area contributed by atoms with Gasteiger partial charge in [0.25, 0.3) is 46.4 Å². The molecule has 0 spiro atoms. The Morgan fingerprint density at radius 1 is 0.631 bits per heavy atom. The predicted octanol–water partition coefficient (Wildman–Crippen LogP) is 12.0. The average molecular weight is 1290 g/mol. The van der Waals surface area contributed by atoms with Crippen LogP contribution in [-0.2, 0) is 47.1 Å². The number of rotatable bonds is 26. The van der Waals surface area contributed by atoms with Crippen LogP contribution in [0.4, 0.5) is 45.5 Å². The lowest BCUT2D eigenvalue weighted by atomic mass is 10.1. The van der Waals surface area contributed by atoms with Gasteiger partial charge in [0.15, 0.2) is 5.65 Å². The molecule has 0 aliphatic heterocycles. The maximum atomic E-state index is 13.0. The first kappa shape index (κ1) is 64.7. The molecule has 7 rings (SSSR count). The van der Waals surface area contributed by atoms with Gasteiger partial charge in [0, 0.05) is 20.9 Å². The van der Waals surface area contributed by atoms with Crippen LogP contribution in [0.2, 0.25) is 5.02 Å². The molecule has 8 N–H and O–H groups in total. The fourth-order valence-corrected chi connectivity index (χ4v) is 12.5. The minimum absolute atomic E-state index is 0.0178. The van der Waals surface area contributed by atoms with Gasteiger partial charge < -0.3 is 20.7 Å². The fourth-order valence-electron chi connectivity index (χ4n) is 7.95. The number of fused-ring (bicyclic) bond motifs is 3. The Morgan fingerprint density at radius 3 is 1.61 bits per heavy atom. The van der Waals surface area contributed by atoms with Gasteiger partial charge in [-0.05, 0) is 153 Å². The molecule has 7 aromatic rings. The highest BCUT2D eigenvalue weighted by molar-refractivity contribution is 7.99. The number of nitrogens with two attached hydrogens (primary N) is 1. The van der Waals surface area contributed by atoms with Gasteiger partial charge in [0.05, 0.1) is 75.7 Å². The third-order valence-electron chi connectivity index (χ3n) is 12.0. The Morgan fingerprint density at radius 2 is 1.11 bits per heavy atom. The first-order valence-corrected chi connectivity index (χ1v) is 33.2. The first-order valence-electron chi connectivity index (χ1n) is 24.6. The molecule has 446 valence electrons. The van der Waals surface area contributed by atoms with Crippen LogP contribution < -0.4 is 10.5 Å². The van der Waals surface area contributed by atoms with Gasteiger partial charge in [-0.3, -0.25) is 27.4 Å². The summed E-state index contributed by atoms with van der Waals surface area (Å²) in [5.41, 5.74) is 7.90. The molecule has 0 radical (unpaired) electrons. The molecule has 1 amide bonds. The lowest BCUT2D eigenvalue weighted by Gasteiger charge is -2.13. The second kappa shape index (κ2) is 27.0. The van der Waals surface area contributed by atoms with E-state index in [1.54, 1.807) is 69.3 Å². The second-order valence-electron chi connectivity index (χ2n) is 18.5. The third kappa shape index (κ3) is 17.1. The highest BCUT2D eigenvalue weighted by Gasteiger charge is 2.28. The van der Waals surface area contributed by atoms with Gasteiger partial charge in [-0.15, -0.1) is 44.0 Å². The summed E-state index contributed by atoms with van der Waals surface area (Å²) in [5, 5.41) is 57.7. The number of amides is 1. The monoisotopic (exact) mass is 1290 g/mol. The Hall–Kier alpha value is -6.89. The molecular formula is C50H52ClN11O16S6. The zero-order valence-electron chi connectivity index (χ0n) is 44.6. The van der Waals surface area contributed by atoms with Crippen molar-refractivity contribution in [3.05, 3.63) is 111 Å². The number of carbonyl (C=O) groups is 1. The lowest BCUT2D eigenvalue weighted by Crippen LogP contribution is -2.15. The van der Waals surface area contributed by atoms with Crippen molar-refractivity contribution in [3.8, 4) is 11.6 Å². The topological polar surface area (TPSA) is 426 Å². The van der Waals surface area contributed by atoms with Crippen LogP contribution in [0.15, 0.2) is 128 Å². The van der Waals surface area contributed by atoms with Crippen LogP contribution in [0, 0.1) is 27.7 Å². The van der Waals surface area contributed by atoms with Crippen molar-refractivity contribution in [1.82, 2.24) is 9.38 Å². The van der Waals surface area contributed by atoms with Crippen molar-refractivity contribution in [2.24, 2.45) is 46.6 Å². The smallest absolute Gasteiger partial charge is 0.296 e. The van der Waals surface area contributed by atoms with Crippen LogP contribution in [-0.4, -0.2) is 113 Å². The normalized spacial score (nSPS) is 12.8. The number of aromatic nitrogens is 2. The van der Waals surface area contributed by atoms with Crippen molar-refractivity contribution in [2.45, 2.75) is 68.3 Å². The van der Waals surface area contributed by atoms with Crippen LogP contribution in [0.3, 0.4) is 0 Å². The largest absolute Gasteiger partial charge is 0.493 e. The van der Waals surface area contributed by atoms with Crippen molar-refractivity contribution in [1.29, 1.82) is 0 Å². The Kier molecular flexibility index (Phi) is 20.8. The second-order valence-corrected chi connectivity index (χ2v) is 27.3. The predicted molar refractivity (Wildman–Crippen MR) is 315 cm³/mol. The zero-order chi connectivity index (χ0) is 61.5. The van der Waals surface area contributed by atoms with Crippen LogP contribution in [0.1, 0.15) is 57.4 Å². The van der Waals surface area contributed by atoms with Crippen LogP contribution in [0.25, 0.3) is 16.7 Å². The van der Waals surface area contributed by atoms with Crippen molar-refractivity contribution in [3.63, 3.8) is 0 Å². The highest BCUT2D eigenvalue weighted by atomic mass is 35.5. The van der Waals surface area contributed by atoms with Gasteiger partial charge in [-0.25, -0.2) is 4.98 Å². The number of imidazole rings is 1. The molecule has 0 aliphatic rings. The number of halogens is 1. The summed E-state index contributed by atoms with van der Waals surface area (Å²) in [6.45, 7) is 5.48. The molecule has 2 heterocycles. The van der Waals surface area contributed by atoms with E-state index in [2.05, 4.69) is 45.9 Å². The molecule has 0 aliphatic carbocycles. The third-order valence-corrected chi connectivity index (χ3v) is 17.8. The van der Waals surface area contributed by atoms with Crippen LogP contribution in [0.5, 0.6) is 11.6 Å². The van der Waals surface area contributed by atoms with Gasteiger partial charge in [0.1, 0.15) is 27.5 Å². The van der Waals surface area contributed by atoms with E-state index in [0.29, 0.717) is 54.3 Å². The van der Waals surface area contributed by atoms with Gasteiger partial charge >= 0.3 is 0 Å². The molecule has 0 saturated carbocycles. The number of hydrogen-bond donors (Lipinski definition) is 7. The van der Waals surface area contributed by atoms with E-state index in [1.807, 2.05) is 0 Å². The van der Waals surface area contributed by atoms with Crippen LogP contribution >= 0.6 is 35.1 Å². The van der Waals surface area contributed by atoms with E-state index in [-0.39, 0.29) is 99.2 Å². The molecule has 27 nitrogen and oxygen atoms in total. The fraction of sp³-hybridized carbons (Fsp3) is 0.280. The molecule has 84 heavy (non-hydrogen) atoms. The number of aryl methyl sites for hydroxylation is 3. The molecule has 34 heteroatoms. The molecule has 0 bridgehead atoms. The standard InChI is InChI=1S/C50H52ClN11O16S6/c1-27-18-37(58-61-46-30(4)45(48(52)64)49-53-47-40(62(49)50(46)65)21-31(26-63)22-44(47)84(75,76)77)41(78-12-5-15-81(66,67)68)23-34(27)56-59-38-20-29(3)36(25-43(38)80-14-7-17-83(72,73)74)57-60-39-19-28(2)35(55-54-33-10-8-32(51)9-11-33)24-42(39)79-13-6-16-82(69,70)71/h8-11,18-25,63,65H,5-7,12-17,26H2,1-4H3,(H2,52,64)(H,66,67,68)(H,69,70,71)(H,72,73,74)(H,75,76,77). The van der Waals surface area contributed by atoms with E-state index in [1.165, 1.54) is 48.6 Å². The van der Waals surface area contributed by atoms with E-state index < -0.39 is 81.0 Å². The number of nitrogens with zero attached hydrogens (tertiary/aromatic N) is 10. The molecule has 0 unspecified atom stereocenters. The number of carbonyl (C=O) groups excluding carboxylic acids is 1. The number of pyridine rings is 1. The van der Waals surface area contributed by atoms with Gasteiger partial charge in [-0.2, -0.15) is 54.1 Å². The van der Waals surface area contributed by atoms with Crippen molar-refractivity contribution >= 4 is 144 Å². The molecule has 0 saturated heterocycles. The highest BCUT2D eigenvalue weighted by Crippen LogP contribution is 2.44. The van der Waals surface area contributed by atoms with Gasteiger partial charge in [-0.1, -0.05) is 11.6 Å². The van der Waals surface area contributed by atoms with E-state index in [4.69, 9.17) is 22.1 Å². The number of azo groups is 4. The van der Waals surface area contributed by atoms with E-state index >= 15 is 0 Å². The number of primary amides is 1. The SMILES string of the molecule is Cc1cc(N=Nc2cc(SCCCS(=O)(=O)O)c(N=Nc3cc(OCCCS(=O)(=O)O)c(N=Nc4c(C)c(C(N)=O)c5nc6c(S(=O)(=O)O)cc(CO)cc6n5c4O)cc3C)cc2C)c(SCCCS(=O)(=O)O)cc1N=Nc1ccc(Cl)cc1. The summed E-state index contributed by atoms with van der Waals surface area (Å²) in [5.74, 6) is -3.11. The Bertz CT molecular complexity index is 4320. The Balaban J connectivity index is 1.28. The summed E-state index contributed by atoms with van der Waals surface area (Å²) in [6, 6.07) is 18.5. The summed E-state index contributed by atoms with van der Waals surface area (Å²) in [6.07, 6.45) is -0.0572. The summed E-state index contributed by atoms with van der Waals surface area (Å²) < 4.78 is 139. The Labute approximate surface area is 494 Å². The molecular weight excluding hydrogens is 1240 g/mol. The lowest BCUT2D eigenvalue weighted by molar-refractivity contribution is 0.100. The molecule has 0 atom stereocenters. The van der Waals surface area contributed by atoms with Crippen molar-refractivity contribution < 1.29 is 71.6 Å². The molecule has 2 aromatic heterocycles. The quantitative estimate of drug-likeness (QED) is 0.0115. The number of aromatic hydroxyl groups is 1. The number of ether oxygens (including phenoxy) is 1. The van der Waals surface area contributed by atoms with Crippen molar-refractivity contribution in [2.75, 3.05) is 35.4 Å². The summed E-state index contributed by atoms with van der Waals surface area (Å²) in [7, 11) is -17.9. The number of thioether (sulfide) groups is 2. The minimum atomic E-state index is -4.98. The number of benzene rings is 5. The maximum Gasteiger partial charge on any atom is 0.296 e. The summed E-state index contributed by atoms with van der Waals surface area (Å²) in [4.78, 5) is 17.5. The number of aliphatic hydroxyl groups excluding tert-OH is 1. The number of aliphatic hydroxyl groups is 1. The average Bonchev–Trinajstić information content (AvgIpc) is 1.67. The number of hydrogen-bond acceptors (Lipinski definition) is 23. The molecule has 0 fully saturated rings. The van der Waals surface area contributed by atoms with E-state index in [9.17, 15) is 66.9 Å². The zero-order valence-corrected chi connectivity index (χ0v) is 50.3. The van der Waals surface area contributed by atoms with E-state index in [0.717, 1.165) is 10.5 Å². The summed E-state index contributed by atoms with van der Waals surface area (Å²) >= 11 is 8.46. The minimum Gasteiger partial charge on any atom is -0.493 e. The van der Waals surface area contributed by atoms with Gasteiger partial charge in [0.2, 0.25) is 5.88 Å². The maximum absolute atomic E-state index is 13.0. The molecule has 5 aromatic carbocycles.